The van der Waals surface area contributed by atoms with Crippen LogP contribution in [0, 0.1) is 11.2 Å². The van der Waals surface area contributed by atoms with Gasteiger partial charge in [0.2, 0.25) is 0 Å². The highest BCUT2D eigenvalue weighted by atomic mass is 79.9. The van der Waals surface area contributed by atoms with Crippen LogP contribution in [-0.4, -0.2) is 12.6 Å². The van der Waals surface area contributed by atoms with Crippen molar-refractivity contribution in [3.05, 3.63) is 27.4 Å². The molecule has 2 nitrogen and oxygen atoms in total. The number of benzene rings is 1. The predicted molar refractivity (Wildman–Crippen MR) is 72.0 cm³/mol. The molecule has 0 aliphatic rings. The molecule has 0 aromatic heterocycles. The Morgan fingerprint density at radius 3 is 2.53 bits per heavy atom. The molecule has 0 radical (unpaired) electrons. The lowest BCUT2D eigenvalue weighted by atomic mass is 9.89. The molecule has 0 fully saturated rings. The number of hydrogen-bond acceptors (Lipinski definition) is 2. The molecule has 17 heavy (non-hydrogen) atoms. The van der Waals surface area contributed by atoms with Gasteiger partial charge >= 0.3 is 0 Å². The summed E-state index contributed by atoms with van der Waals surface area (Å²) in [6, 6.07) is 2.74. The molecule has 1 aromatic rings. The topological polar surface area (TPSA) is 35.2 Å². The first-order valence-corrected chi connectivity index (χ1v) is 6.44. The van der Waals surface area contributed by atoms with Crippen LogP contribution >= 0.6 is 27.5 Å². The summed E-state index contributed by atoms with van der Waals surface area (Å²) in [5, 5.41) is 0.0595. The molecule has 0 aliphatic heterocycles. The first-order valence-electron chi connectivity index (χ1n) is 5.27. The summed E-state index contributed by atoms with van der Waals surface area (Å²) in [7, 11) is 0. The van der Waals surface area contributed by atoms with E-state index in [1.54, 1.807) is 0 Å². The Hall–Kier alpha value is -0.320. The highest BCUT2D eigenvalue weighted by Crippen LogP contribution is 2.33. The van der Waals surface area contributed by atoms with Gasteiger partial charge in [0.1, 0.15) is 17.7 Å². The Morgan fingerprint density at radius 1 is 1.47 bits per heavy atom. The van der Waals surface area contributed by atoms with Crippen molar-refractivity contribution in [2.24, 2.45) is 11.1 Å². The summed E-state index contributed by atoms with van der Waals surface area (Å²) < 4.78 is 19.7. The van der Waals surface area contributed by atoms with E-state index >= 15 is 0 Å². The lowest BCUT2D eigenvalue weighted by molar-refractivity contribution is 0.0930. The van der Waals surface area contributed by atoms with E-state index in [-0.39, 0.29) is 16.5 Å². The van der Waals surface area contributed by atoms with Gasteiger partial charge in [-0.05, 0) is 22.0 Å². The first kappa shape index (κ1) is 14.7. The average molecular weight is 325 g/mol. The minimum Gasteiger partial charge on any atom is -0.487 e. The highest BCUT2D eigenvalue weighted by Gasteiger charge is 2.26. The van der Waals surface area contributed by atoms with Crippen molar-refractivity contribution in [3.8, 4) is 5.75 Å². The van der Waals surface area contributed by atoms with Crippen LogP contribution in [0.15, 0.2) is 16.6 Å². The fraction of sp³-hybridized carbons (Fsp3) is 0.500. The number of halogens is 3. The van der Waals surface area contributed by atoms with Gasteiger partial charge in [0.05, 0.1) is 9.50 Å². The average Bonchev–Trinajstić information content (AvgIpc) is 2.19. The second-order valence-corrected chi connectivity index (χ2v) is 6.17. The zero-order valence-corrected chi connectivity index (χ0v) is 12.4. The third-order valence-electron chi connectivity index (χ3n) is 2.42. The molecule has 0 aliphatic carbocycles. The van der Waals surface area contributed by atoms with Crippen LogP contribution in [0.5, 0.6) is 5.75 Å². The van der Waals surface area contributed by atoms with Crippen LogP contribution < -0.4 is 10.5 Å². The van der Waals surface area contributed by atoms with E-state index in [1.165, 1.54) is 12.1 Å². The molecule has 1 aromatic carbocycles. The quantitative estimate of drug-likeness (QED) is 0.853. The third kappa shape index (κ3) is 3.83. The highest BCUT2D eigenvalue weighted by molar-refractivity contribution is 9.10. The summed E-state index contributed by atoms with van der Waals surface area (Å²) in [4.78, 5) is 0. The van der Waals surface area contributed by atoms with E-state index in [1.807, 2.05) is 20.8 Å². The van der Waals surface area contributed by atoms with Crippen LogP contribution in [0.4, 0.5) is 4.39 Å². The summed E-state index contributed by atoms with van der Waals surface area (Å²) in [5.74, 6) is -0.0909. The Kier molecular flexibility index (Phi) is 4.81. The number of hydrogen-bond donors (Lipinski definition) is 1. The molecule has 0 bridgehead atoms. The molecule has 0 spiro atoms. The van der Waals surface area contributed by atoms with Crippen molar-refractivity contribution in [1.29, 1.82) is 0 Å². The molecule has 0 saturated heterocycles. The summed E-state index contributed by atoms with van der Waals surface area (Å²) in [6.07, 6.45) is -0.195. The van der Waals surface area contributed by atoms with E-state index in [9.17, 15) is 4.39 Å². The zero-order chi connectivity index (χ0) is 13.2. The van der Waals surface area contributed by atoms with Gasteiger partial charge in [0.25, 0.3) is 0 Å². The van der Waals surface area contributed by atoms with Crippen molar-refractivity contribution in [1.82, 2.24) is 0 Å². The van der Waals surface area contributed by atoms with Crippen LogP contribution in [0.2, 0.25) is 5.02 Å². The first-order chi connectivity index (χ1) is 7.75. The smallest absolute Gasteiger partial charge is 0.145 e. The summed E-state index contributed by atoms with van der Waals surface area (Å²) >= 11 is 8.95. The zero-order valence-electron chi connectivity index (χ0n) is 10.1. The largest absolute Gasteiger partial charge is 0.487 e. The second-order valence-electron chi connectivity index (χ2n) is 4.90. The number of nitrogens with two attached hydrogens (primary N) is 1. The molecule has 1 atom stereocenters. The minimum absolute atomic E-state index is 0.0595. The fourth-order valence-electron chi connectivity index (χ4n) is 1.33. The van der Waals surface area contributed by atoms with E-state index in [2.05, 4.69) is 15.9 Å². The molecular formula is C12H16BrClFNO. The SMILES string of the molecule is CC(C)(C)C(CN)Oc1cc(F)c(Cl)cc1Br. The Bertz CT molecular complexity index is 406. The summed E-state index contributed by atoms with van der Waals surface area (Å²) in [5.41, 5.74) is 5.54. The van der Waals surface area contributed by atoms with E-state index in [4.69, 9.17) is 22.1 Å². The molecule has 2 N–H and O–H groups in total. The lowest BCUT2D eigenvalue weighted by Crippen LogP contribution is -2.38. The van der Waals surface area contributed by atoms with Gasteiger partial charge in [0.15, 0.2) is 0 Å². The van der Waals surface area contributed by atoms with Crippen molar-refractivity contribution >= 4 is 27.5 Å². The molecule has 1 rings (SSSR count). The molecule has 0 saturated carbocycles. The van der Waals surface area contributed by atoms with Gasteiger partial charge in [-0.3, -0.25) is 0 Å². The second kappa shape index (κ2) is 5.55. The predicted octanol–water partition coefficient (Wildman–Crippen LogP) is 3.99. The van der Waals surface area contributed by atoms with Gasteiger partial charge in [-0.15, -0.1) is 0 Å². The molecule has 5 heteroatoms. The molecule has 0 amide bonds. The normalized spacial score (nSPS) is 13.6. The number of ether oxygens (including phenoxy) is 1. The van der Waals surface area contributed by atoms with E-state index in [0.717, 1.165) is 0 Å². The third-order valence-corrected chi connectivity index (χ3v) is 3.33. The van der Waals surface area contributed by atoms with Crippen molar-refractivity contribution < 1.29 is 9.13 Å². The fourth-order valence-corrected chi connectivity index (χ4v) is 2.06. The van der Waals surface area contributed by atoms with Crippen molar-refractivity contribution in [3.63, 3.8) is 0 Å². The minimum atomic E-state index is -0.505. The molecular weight excluding hydrogens is 308 g/mol. The summed E-state index contributed by atoms with van der Waals surface area (Å²) in [6.45, 7) is 6.42. The maximum Gasteiger partial charge on any atom is 0.145 e. The van der Waals surface area contributed by atoms with Crippen molar-refractivity contribution in [2.75, 3.05) is 6.54 Å². The molecule has 96 valence electrons. The van der Waals surface area contributed by atoms with Gasteiger partial charge in [0, 0.05) is 18.0 Å². The Balaban J connectivity index is 2.98. The standard InChI is InChI=1S/C12H16BrClFNO/c1-12(2,3)11(6-16)17-10-5-9(15)8(14)4-7(10)13/h4-5,11H,6,16H2,1-3H3. The maximum atomic E-state index is 13.3. The number of rotatable bonds is 3. The molecule has 0 heterocycles. The van der Waals surface area contributed by atoms with Gasteiger partial charge in [-0.1, -0.05) is 32.4 Å². The maximum absolute atomic E-state index is 13.3. The van der Waals surface area contributed by atoms with Crippen LogP contribution in [0.1, 0.15) is 20.8 Å². The van der Waals surface area contributed by atoms with Gasteiger partial charge in [-0.25, -0.2) is 4.39 Å². The van der Waals surface area contributed by atoms with Crippen molar-refractivity contribution in [2.45, 2.75) is 26.9 Å². The van der Waals surface area contributed by atoms with Crippen LogP contribution in [0.25, 0.3) is 0 Å². The van der Waals surface area contributed by atoms with Gasteiger partial charge in [-0.2, -0.15) is 0 Å². The Labute approximate surface area is 114 Å². The van der Waals surface area contributed by atoms with Crippen LogP contribution in [-0.2, 0) is 0 Å². The molecule has 1 unspecified atom stereocenters. The monoisotopic (exact) mass is 323 g/mol. The van der Waals surface area contributed by atoms with E-state index < -0.39 is 5.82 Å². The lowest BCUT2D eigenvalue weighted by Gasteiger charge is -2.30. The van der Waals surface area contributed by atoms with Crippen LogP contribution in [0.3, 0.4) is 0 Å². The Morgan fingerprint density at radius 2 is 2.06 bits per heavy atom. The van der Waals surface area contributed by atoms with Gasteiger partial charge < -0.3 is 10.5 Å². The van der Waals surface area contributed by atoms with E-state index in [0.29, 0.717) is 16.8 Å².